The van der Waals surface area contributed by atoms with Crippen LogP contribution in [0.2, 0.25) is 0 Å². The largest absolute Gasteiger partial charge is 0.368 e. The van der Waals surface area contributed by atoms with Crippen LogP contribution in [0.4, 0.5) is 0 Å². The molecular weight excluding hydrogens is 250 g/mol. The van der Waals surface area contributed by atoms with Crippen molar-refractivity contribution in [1.29, 1.82) is 0 Å². The monoisotopic (exact) mass is 271 g/mol. The third-order valence-corrected chi connectivity index (χ3v) is 3.27. The van der Waals surface area contributed by atoms with Crippen LogP contribution >= 0.6 is 0 Å². The number of nitrogens with zero attached hydrogens (tertiary/aromatic N) is 2. The fourth-order valence-corrected chi connectivity index (χ4v) is 2.20. The number of hydroxylamine groups is 4. The van der Waals surface area contributed by atoms with Crippen molar-refractivity contribution in [3.8, 4) is 0 Å². The maximum absolute atomic E-state index is 11.7. The number of hydrogen-bond donors (Lipinski definition) is 1. The molecule has 2 rings (SSSR count). The minimum Gasteiger partial charge on any atom is -0.368 e. The van der Waals surface area contributed by atoms with Crippen LogP contribution in [-0.4, -0.2) is 54.3 Å². The number of rotatable bonds is 5. The molecule has 2 aliphatic rings. The zero-order valence-electron chi connectivity index (χ0n) is 11.0. The Morgan fingerprint density at radius 1 is 0.947 bits per heavy atom. The van der Waals surface area contributed by atoms with E-state index >= 15 is 0 Å². The minimum absolute atomic E-state index is 0.150. The predicted molar refractivity (Wildman–Crippen MR) is 66.4 cm³/mol. The molecule has 2 fully saturated rings. The molecule has 0 aliphatic carbocycles. The first kappa shape index (κ1) is 14.2. The molecule has 0 unspecified atom stereocenters. The van der Waals surface area contributed by atoms with E-state index in [2.05, 4.69) is 0 Å². The van der Waals surface area contributed by atoms with Crippen LogP contribution in [-0.2, 0) is 19.3 Å². The average Bonchev–Trinajstić information content (AvgIpc) is 3.01. The number of carbonyl (C=O) groups excluding carboxylic acids is 2. The summed E-state index contributed by atoms with van der Waals surface area (Å²) in [5.74, 6) is -1.05. The van der Waals surface area contributed by atoms with E-state index in [-0.39, 0.29) is 6.42 Å². The van der Waals surface area contributed by atoms with Gasteiger partial charge in [0.1, 0.15) is 6.04 Å². The van der Waals surface area contributed by atoms with Crippen molar-refractivity contribution in [1.82, 2.24) is 10.1 Å². The highest BCUT2D eigenvalue weighted by atomic mass is 16.7. The van der Waals surface area contributed by atoms with Gasteiger partial charge in [-0.2, -0.15) is 0 Å². The molecule has 2 aliphatic heterocycles. The second kappa shape index (κ2) is 6.83. The van der Waals surface area contributed by atoms with Gasteiger partial charge in [-0.25, -0.2) is 4.79 Å². The molecule has 0 amide bonds. The molecule has 0 bridgehead atoms. The number of nitrogens with two attached hydrogens (primary N) is 1. The second-order valence-electron chi connectivity index (χ2n) is 4.96. The molecule has 0 spiro atoms. The third-order valence-electron chi connectivity index (χ3n) is 3.27. The molecule has 0 aromatic heterocycles. The zero-order chi connectivity index (χ0) is 13.7. The van der Waals surface area contributed by atoms with Crippen LogP contribution in [0, 0.1) is 0 Å². The summed E-state index contributed by atoms with van der Waals surface area (Å²) in [6.45, 7) is 2.96. The van der Waals surface area contributed by atoms with Gasteiger partial charge in [-0.1, -0.05) is 0 Å². The topological polar surface area (TPSA) is 85.1 Å². The van der Waals surface area contributed by atoms with Crippen molar-refractivity contribution in [2.45, 2.75) is 38.1 Å². The fraction of sp³-hybridized carbons (Fsp3) is 0.833. The van der Waals surface area contributed by atoms with Gasteiger partial charge in [0.15, 0.2) is 0 Å². The Bertz CT molecular complexity index is 325. The lowest BCUT2D eigenvalue weighted by Crippen LogP contribution is -2.39. The van der Waals surface area contributed by atoms with Crippen molar-refractivity contribution in [3.63, 3.8) is 0 Å². The van der Waals surface area contributed by atoms with Crippen LogP contribution < -0.4 is 5.73 Å². The van der Waals surface area contributed by atoms with Gasteiger partial charge in [-0.15, -0.1) is 10.1 Å². The molecule has 2 N–H and O–H groups in total. The summed E-state index contributed by atoms with van der Waals surface area (Å²) >= 11 is 0. The first-order valence-corrected chi connectivity index (χ1v) is 6.83. The van der Waals surface area contributed by atoms with Gasteiger partial charge in [-0.3, -0.25) is 4.79 Å². The lowest BCUT2D eigenvalue weighted by Gasteiger charge is -2.18. The van der Waals surface area contributed by atoms with Crippen molar-refractivity contribution < 1.29 is 19.3 Å². The Kier molecular flexibility index (Phi) is 5.12. The Labute approximate surface area is 112 Å². The molecule has 0 saturated carbocycles. The van der Waals surface area contributed by atoms with Crippen molar-refractivity contribution in [3.05, 3.63) is 0 Å². The summed E-state index contributed by atoms with van der Waals surface area (Å²) in [4.78, 5) is 33.4. The normalized spacial score (nSPS) is 22.4. The lowest BCUT2D eigenvalue weighted by molar-refractivity contribution is -0.194. The van der Waals surface area contributed by atoms with E-state index in [0.29, 0.717) is 0 Å². The van der Waals surface area contributed by atoms with Crippen molar-refractivity contribution >= 4 is 11.9 Å². The highest BCUT2D eigenvalue weighted by molar-refractivity contribution is 5.82. The van der Waals surface area contributed by atoms with Crippen molar-refractivity contribution in [2.24, 2.45) is 5.73 Å². The summed E-state index contributed by atoms with van der Waals surface area (Å²) < 4.78 is 0. The molecule has 0 radical (unpaired) electrons. The molecule has 19 heavy (non-hydrogen) atoms. The fourth-order valence-electron chi connectivity index (χ4n) is 2.20. The van der Waals surface area contributed by atoms with E-state index in [1.54, 1.807) is 10.1 Å². The lowest BCUT2D eigenvalue weighted by atomic mass is 10.2. The summed E-state index contributed by atoms with van der Waals surface area (Å²) in [6.07, 6.45) is 3.93. The Morgan fingerprint density at radius 3 is 1.95 bits per heavy atom. The van der Waals surface area contributed by atoms with Crippen LogP contribution in [0.3, 0.4) is 0 Å². The standard InChI is InChI=1S/C12H21N3O4/c13-10(12(17)19-15-7-3-4-8-15)9-11(16)18-14-5-1-2-6-14/h10H,1-9,13H2/t10-/m0/s1. The molecule has 7 heteroatoms. The summed E-state index contributed by atoms with van der Waals surface area (Å²) in [6, 6.07) is -0.962. The first-order chi connectivity index (χ1) is 9.15. The SMILES string of the molecule is N[C@@H](CC(=O)ON1CCCC1)C(=O)ON1CCCC1. The summed E-state index contributed by atoms with van der Waals surface area (Å²) in [5.41, 5.74) is 5.65. The van der Waals surface area contributed by atoms with Crippen LogP contribution in [0.15, 0.2) is 0 Å². The van der Waals surface area contributed by atoms with Gasteiger partial charge in [-0.05, 0) is 25.7 Å². The van der Waals surface area contributed by atoms with Gasteiger partial charge in [0, 0.05) is 26.2 Å². The molecule has 0 aromatic rings. The molecule has 0 aromatic carbocycles. The average molecular weight is 271 g/mol. The van der Waals surface area contributed by atoms with Crippen molar-refractivity contribution in [2.75, 3.05) is 26.2 Å². The minimum atomic E-state index is -0.962. The molecule has 108 valence electrons. The van der Waals surface area contributed by atoms with Gasteiger partial charge in [0.25, 0.3) is 0 Å². The maximum Gasteiger partial charge on any atom is 0.342 e. The van der Waals surface area contributed by atoms with E-state index in [9.17, 15) is 9.59 Å². The van der Waals surface area contributed by atoms with Crippen LogP contribution in [0.1, 0.15) is 32.1 Å². The zero-order valence-corrected chi connectivity index (χ0v) is 11.0. The summed E-state index contributed by atoms with van der Waals surface area (Å²) in [5, 5.41) is 3.20. The van der Waals surface area contributed by atoms with E-state index in [1.807, 2.05) is 0 Å². The molecule has 2 heterocycles. The van der Waals surface area contributed by atoms with Crippen LogP contribution in [0.25, 0.3) is 0 Å². The van der Waals surface area contributed by atoms with E-state index in [4.69, 9.17) is 15.4 Å². The molecular formula is C12H21N3O4. The van der Waals surface area contributed by atoms with E-state index in [0.717, 1.165) is 51.9 Å². The smallest absolute Gasteiger partial charge is 0.342 e. The number of hydrogen-bond acceptors (Lipinski definition) is 7. The highest BCUT2D eigenvalue weighted by Gasteiger charge is 2.25. The Morgan fingerprint density at radius 2 is 1.42 bits per heavy atom. The second-order valence-corrected chi connectivity index (χ2v) is 4.96. The highest BCUT2D eigenvalue weighted by Crippen LogP contribution is 2.11. The first-order valence-electron chi connectivity index (χ1n) is 6.83. The predicted octanol–water partition coefficient (Wildman–Crippen LogP) is -0.188. The quantitative estimate of drug-likeness (QED) is 0.742. The molecule has 1 atom stereocenters. The van der Waals surface area contributed by atoms with Gasteiger partial charge in [0.05, 0.1) is 6.42 Å². The van der Waals surface area contributed by atoms with Gasteiger partial charge in [0.2, 0.25) is 0 Å². The van der Waals surface area contributed by atoms with Gasteiger partial charge >= 0.3 is 11.9 Å². The Hall–Kier alpha value is -1.18. The number of carbonyl (C=O) groups is 2. The van der Waals surface area contributed by atoms with Crippen LogP contribution in [0.5, 0.6) is 0 Å². The van der Waals surface area contributed by atoms with Gasteiger partial charge < -0.3 is 15.4 Å². The Balaban J connectivity index is 1.68. The van der Waals surface area contributed by atoms with E-state index < -0.39 is 18.0 Å². The summed E-state index contributed by atoms with van der Waals surface area (Å²) in [7, 11) is 0. The maximum atomic E-state index is 11.7. The molecule has 2 saturated heterocycles. The molecule has 7 nitrogen and oxygen atoms in total. The third kappa shape index (κ3) is 4.45. The van der Waals surface area contributed by atoms with E-state index in [1.165, 1.54) is 0 Å².